The molecule has 23 heavy (non-hydrogen) atoms. The Hall–Kier alpha value is -2.33. The number of ketones is 1. The number of anilines is 1. The fourth-order valence-electron chi connectivity index (χ4n) is 2.71. The van der Waals surface area contributed by atoms with Crippen molar-refractivity contribution in [3.05, 3.63) is 58.1 Å². The van der Waals surface area contributed by atoms with Gasteiger partial charge < -0.3 is 9.64 Å². The van der Waals surface area contributed by atoms with Crippen molar-refractivity contribution in [2.24, 2.45) is 0 Å². The van der Waals surface area contributed by atoms with Crippen molar-refractivity contribution in [3.63, 3.8) is 0 Å². The number of ether oxygens (including phenoxy) is 1. The van der Waals surface area contributed by atoms with Gasteiger partial charge in [-0.1, -0.05) is 23.7 Å². The summed E-state index contributed by atoms with van der Waals surface area (Å²) in [6, 6.07) is 10.7. The lowest BCUT2D eigenvalue weighted by atomic mass is 10.1. The second-order valence-electron chi connectivity index (χ2n) is 5.52. The Balaban J connectivity index is 1.70. The molecule has 4 nitrogen and oxygen atoms in total. The van der Waals surface area contributed by atoms with E-state index in [2.05, 4.69) is 0 Å². The minimum absolute atomic E-state index is 0.299. The lowest BCUT2D eigenvalue weighted by Gasteiger charge is -2.17. The molecule has 2 aromatic carbocycles. The van der Waals surface area contributed by atoms with Gasteiger partial charge in [-0.25, -0.2) is 0 Å². The number of carbonyl (C=O) groups is 2. The van der Waals surface area contributed by atoms with Gasteiger partial charge in [0.25, 0.3) is 11.7 Å². The molecule has 0 radical (unpaired) electrons. The van der Waals surface area contributed by atoms with E-state index < -0.39 is 11.7 Å². The summed E-state index contributed by atoms with van der Waals surface area (Å²) in [6.45, 7) is 4.46. The van der Waals surface area contributed by atoms with Crippen LogP contribution in [0.15, 0.2) is 36.4 Å². The lowest BCUT2D eigenvalue weighted by Crippen LogP contribution is -2.33. The second-order valence-corrected chi connectivity index (χ2v) is 5.90. The summed E-state index contributed by atoms with van der Waals surface area (Å²) in [5.74, 6) is -0.257. The van der Waals surface area contributed by atoms with Gasteiger partial charge in [0.1, 0.15) is 12.4 Å². The van der Waals surface area contributed by atoms with Crippen LogP contribution in [0.25, 0.3) is 0 Å². The number of para-hydroxylation sites is 1. The molecule has 0 spiro atoms. The van der Waals surface area contributed by atoms with Gasteiger partial charge in [-0.05, 0) is 49.2 Å². The standard InChI is InChI=1S/C18H16ClNO3/c1-11-9-13(10-12(2)16(11)19)23-8-7-20-15-6-4-3-5-14(15)17(21)18(20)22/h3-6,9-10H,7-8H2,1-2H3. The summed E-state index contributed by atoms with van der Waals surface area (Å²) in [5.41, 5.74) is 2.99. The minimum atomic E-state index is -0.502. The van der Waals surface area contributed by atoms with Crippen molar-refractivity contribution < 1.29 is 14.3 Å². The molecule has 0 saturated heterocycles. The van der Waals surface area contributed by atoms with Crippen LogP contribution in [0.5, 0.6) is 5.75 Å². The molecule has 3 rings (SSSR count). The molecule has 1 heterocycles. The molecule has 0 aliphatic carbocycles. The smallest absolute Gasteiger partial charge is 0.299 e. The number of Topliss-reactive ketones (excluding diaryl/α,β-unsaturated/α-hetero) is 1. The highest BCUT2D eigenvalue weighted by atomic mass is 35.5. The number of benzene rings is 2. The normalized spacial score (nSPS) is 13.4. The van der Waals surface area contributed by atoms with E-state index in [1.165, 1.54) is 4.90 Å². The third-order valence-electron chi connectivity index (χ3n) is 3.87. The molecular formula is C18H16ClNO3. The van der Waals surface area contributed by atoms with Gasteiger partial charge in [0.05, 0.1) is 17.8 Å². The van der Waals surface area contributed by atoms with E-state index >= 15 is 0 Å². The SMILES string of the molecule is Cc1cc(OCCN2C(=O)C(=O)c3ccccc32)cc(C)c1Cl. The molecule has 0 unspecified atom stereocenters. The Labute approximate surface area is 139 Å². The second kappa shape index (κ2) is 6.05. The van der Waals surface area contributed by atoms with Crippen molar-refractivity contribution in [3.8, 4) is 5.75 Å². The quantitative estimate of drug-likeness (QED) is 0.806. The molecule has 0 atom stereocenters. The first kappa shape index (κ1) is 15.6. The molecule has 1 aliphatic rings. The average molecular weight is 330 g/mol. The van der Waals surface area contributed by atoms with Crippen LogP contribution < -0.4 is 9.64 Å². The fraction of sp³-hybridized carbons (Fsp3) is 0.222. The number of hydrogen-bond acceptors (Lipinski definition) is 3. The topological polar surface area (TPSA) is 46.6 Å². The Kier molecular flexibility index (Phi) is 4.09. The molecule has 1 amide bonds. The maximum atomic E-state index is 12.1. The molecule has 0 N–H and O–H groups in total. The molecule has 1 aliphatic heterocycles. The minimum Gasteiger partial charge on any atom is -0.492 e. The van der Waals surface area contributed by atoms with Crippen LogP contribution in [0.3, 0.4) is 0 Å². The number of hydrogen-bond donors (Lipinski definition) is 0. The summed E-state index contributed by atoms with van der Waals surface area (Å²) >= 11 is 6.13. The Bertz CT molecular complexity index is 778. The average Bonchev–Trinajstić information content (AvgIpc) is 2.78. The number of carbonyl (C=O) groups excluding carboxylic acids is 2. The number of amides is 1. The number of aryl methyl sites for hydroxylation is 2. The molecule has 5 heteroatoms. The highest BCUT2D eigenvalue weighted by Crippen LogP contribution is 2.29. The van der Waals surface area contributed by atoms with E-state index in [0.29, 0.717) is 30.2 Å². The van der Waals surface area contributed by atoms with E-state index in [1.807, 2.05) is 32.0 Å². The number of fused-ring (bicyclic) bond motifs is 1. The third kappa shape index (κ3) is 2.82. The van der Waals surface area contributed by atoms with Gasteiger partial charge in [-0.2, -0.15) is 0 Å². The highest BCUT2D eigenvalue weighted by Gasteiger charge is 2.35. The zero-order chi connectivity index (χ0) is 16.6. The summed E-state index contributed by atoms with van der Waals surface area (Å²) in [7, 11) is 0. The van der Waals surface area contributed by atoms with Crippen molar-refractivity contribution >= 4 is 29.0 Å². The molecule has 118 valence electrons. The summed E-state index contributed by atoms with van der Waals surface area (Å²) in [5, 5.41) is 0.728. The third-order valence-corrected chi connectivity index (χ3v) is 4.47. The number of rotatable bonds is 4. The van der Waals surface area contributed by atoms with Gasteiger partial charge >= 0.3 is 0 Å². The molecule has 0 saturated carbocycles. The van der Waals surface area contributed by atoms with Crippen LogP contribution in [0.4, 0.5) is 5.69 Å². The van der Waals surface area contributed by atoms with E-state index in [9.17, 15) is 9.59 Å². The fourth-order valence-corrected chi connectivity index (χ4v) is 2.82. The van der Waals surface area contributed by atoms with Crippen LogP contribution in [-0.2, 0) is 4.79 Å². The zero-order valence-electron chi connectivity index (χ0n) is 12.9. The first-order valence-corrected chi connectivity index (χ1v) is 7.71. The van der Waals surface area contributed by atoms with E-state index in [4.69, 9.17) is 16.3 Å². The predicted molar refractivity (Wildman–Crippen MR) is 89.5 cm³/mol. The van der Waals surface area contributed by atoms with Crippen molar-refractivity contribution in [2.75, 3.05) is 18.1 Å². The largest absolute Gasteiger partial charge is 0.492 e. The van der Waals surface area contributed by atoms with Crippen molar-refractivity contribution in [1.29, 1.82) is 0 Å². The Morgan fingerprint density at radius 1 is 1.09 bits per heavy atom. The zero-order valence-corrected chi connectivity index (χ0v) is 13.7. The van der Waals surface area contributed by atoms with Crippen LogP contribution in [0, 0.1) is 13.8 Å². The Morgan fingerprint density at radius 3 is 2.43 bits per heavy atom. The summed E-state index contributed by atoms with van der Waals surface area (Å²) in [6.07, 6.45) is 0. The van der Waals surface area contributed by atoms with Gasteiger partial charge in [0.15, 0.2) is 0 Å². The number of halogens is 1. The van der Waals surface area contributed by atoms with Gasteiger partial charge in [-0.3, -0.25) is 9.59 Å². The van der Waals surface area contributed by atoms with Crippen LogP contribution in [0.2, 0.25) is 5.02 Å². The highest BCUT2D eigenvalue weighted by molar-refractivity contribution is 6.52. The maximum Gasteiger partial charge on any atom is 0.299 e. The predicted octanol–water partition coefficient (Wildman–Crippen LogP) is 3.57. The molecule has 2 aromatic rings. The maximum absolute atomic E-state index is 12.1. The van der Waals surface area contributed by atoms with Crippen molar-refractivity contribution in [2.45, 2.75) is 13.8 Å². The molecule has 0 aromatic heterocycles. The monoisotopic (exact) mass is 329 g/mol. The van der Waals surface area contributed by atoms with Crippen LogP contribution in [0.1, 0.15) is 21.5 Å². The first-order chi connectivity index (χ1) is 11.0. The van der Waals surface area contributed by atoms with E-state index in [-0.39, 0.29) is 0 Å². The summed E-state index contributed by atoms with van der Waals surface area (Å²) in [4.78, 5) is 25.4. The van der Waals surface area contributed by atoms with Crippen LogP contribution >= 0.6 is 11.6 Å². The van der Waals surface area contributed by atoms with E-state index in [1.54, 1.807) is 18.2 Å². The number of nitrogens with zero attached hydrogens (tertiary/aromatic N) is 1. The van der Waals surface area contributed by atoms with Crippen molar-refractivity contribution in [1.82, 2.24) is 0 Å². The molecule has 0 fully saturated rings. The first-order valence-electron chi connectivity index (χ1n) is 7.34. The van der Waals surface area contributed by atoms with E-state index in [0.717, 1.165) is 16.1 Å². The van der Waals surface area contributed by atoms with Gasteiger partial charge in [-0.15, -0.1) is 0 Å². The lowest BCUT2D eigenvalue weighted by molar-refractivity contribution is -0.114. The van der Waals surface area contributed by atoms with Gasteiger partial charge in [0.2, 0.25) is 0 Å². The van der Waals surface area contributed by atoms with Gasteiger partial charge in [0, 0.05) is 5.02 Å². The Morgan fingerprint density at radius 2 is 1.74 bits per heavy atom. The molecule has 0 bridgehead atoms. The van der Waals surface area contributed by atoms with Crippen LogP contribution in [-0.4, -0.2) is 24.8 Å². The molecular weight excluding hydrogens is 314 g/mol. The summed E-state index contributed by atoms with van der Waals surface area (Å²) < 4.78 is 5.72.